The Bertz CT molecular complexity index is 1410. The van der Waals surface area contributed by atoms with Gasteiger partial charge in [0.25, 0.3) is 0 Å². The molecule has 7 heteroatoms. The second-order valence-corrected chi connectivity index (χ2v) is 9.20. The number of nitrogens with one attached hydrogen (secondary N) is 1. The van der Waals surface area contributed by atoms with Gasteiger partial charge in [-0.2, -0.15) is 0 Å². The fraction of sp³-hybridized carbons (Fsp3) is 0.179. The van der Waals surface area contributed by atoms with Gasteiger partial charge in [0, 0.05) is 23.3 Å². The van der Waals surface area contributed by atoms with Gasteiger partial charge in [-0.25, -0.2) is 4.79 Å². The number of hydrogen-bond donors (Lipinski definition) is 2. The van der Waals surface area contributed by atoms with Crippen molar-refractivity contribution in [1.82, 2.24) is 14.9 Å². The molecule has 2 aromatic heterocycles. The van der Waals surface area contributed by atoms with Crippen molar-refractivity contribution >= 4 is 29.0 Å². The van der Waals surface area contributed by atoms with Crippen LogP contribution in [0, 0.1) is 20.8 Å². The van der Waals surface area contributed by atoms with Gasteiger partial charge in [-0.15, -0.1) is 0 Å². The number of carboxylic acids is 1. The molecule has 1 aliphatic heterocycles. The lowest BCUT2D eigenvalue weighted by Gasteiger charge is -2.28. The molecular formula is C28H26N4O2S. The monoisotopic (exact) mass is 482 g/mol. The molecule has 2 aromatic carbocycles. The van der Waals surface area contributed by atoms with Crippen LogP contribution in [-0.4, -0.2) is 25.7 Å². The fourth-order valence-electron chi connectivity index (χ4n) is 4.96. The van der Waals surface area contributed by atoms with Gasteiger partial charge >= 0.3 is 5.97 Å². The number of carboxylic acid groups (broad SMARTS) is 1. The Morgan fingerprint density at radius 3 is 2.40 bits per heavy atom. The van der Waals surface area contributed by atoms with E-state index in [1.165, 1.54) is 5.56 Å². The molecule has 2 unspecified atom stereocenters. The fourth-order valence-corrected chi connectivity index (χ4v) is 5.31. The van der Waals surface area contributed by atoms with Crippen LogP contribution in [0.15, 0.2) is 79.0 Å². The molecule has 0 aliphatic carbocycles. The standard InChI is InChI=1S/C28H26N4O2S/c1-17-11-13-20(14-12-17)32-26(25(30-28(32)35)23-9-6-7-15-29-23)22-16-18(2)31(19(22)3)24-10-5-4-8-21(24)27(33)34/h4-16,25-26H,1-3H3,(H,30,35)(H,33,34). The number of pyridine rings is 1. The first kappa shape index (κ1) is 22.8. The molecule has 0 bridgehead atoms. The molecule has 1 saturated heterocycles. The van der Waals surface area contributed by atoms with Crippen LogP contribution in [0.4, 0.5) is 5.69 Å². The number of anilines is 1. The van der Waals surface area contributed by atoms with Crippen molar-refractivity contribution in [3.63, 3.8) is 0 Å². The summed E-state index contributed by atoms with van der Waals surface area (Å²) in [5.41, 5.74) is 6.94. The molecule has 1 aliphatic rings. The van der Waals surface area contributed by atoms with E-state index in [4.69, 9.17) is 12.2 Å². The number of hydrogen-bond acceptors (Lipinski definition) is 3. The predicted octanol–water partition coefficient (Wildman–Crippen LogP) is 5.67. The molecular weight excluding hydrogens is 456 g/mol. The van der Waals surface area contributed by atoms with Gasteiger partial charge < -0.3 is 19.9 Å². The molecule has 1 fully saturated rings. The number of aromatic nitrogens is 2. The van der Waals surface area contributed by atoms with Crippen LogP contribution in [-0.2, 0) is 0 Å². The van der Waals surface area contributed by atoms with Crippen molar-refractivity contribution in [2.24, 2.45) is 0 Å². The third-order valence-corrected chi connectivity index (χ3v) is 6.89. The summed E-state index contributed by atoms with van der Waals surface area (Å²) in [6.07, 6.45) is 1.79. The van der Waals surface area contributed by atoms with E-state index in [-0.39, 0.29) is 17.6 Å². The Hall–Kier alpha value is -3.97. The minimum absolute atomic E-state index is 0.169. The van der Waals surface area contributed by atoms with Crippen LogP contribution in [0.2, 0.25) is 0 Å². The minimum atomic E-state index is -0.953. The molecule has 5 rings (SSSR count). The largest absolute Gasteiger partial charge is 0.478 e. The van der Waals surface area contributed by atoms with E-state index < -0.39 is 5.97 Å². The number of rotatable bonds is 5. The SMILES string of the molecule is Cc1ccc(N2C(=S)NC(c3ccccn3)C2c2cc(C)n(-c3ccccc3C(=O)O)c2C)cc1. The van der Waals surface area contributed by atoms with Crippen molar-refractivity contribution in [2.75, 3.05) is 4.90 Å². The first-order chi connectivity index (χ1) is 16.9. The normalized spacial score (nSPS) is 17.5. The number of thiocarbonyl (C=S) groups is 1. The Morgan fingerprint density at radius 1 is 1.00 bits per heavy atom. The van der Waals surface area contributed by atoms with Gasteiger partial charge in [-0.1, -0.05) is 35.9 Å². The second kappa shape index (κ2) is 9.00. The number of aromatic carboxylic acids is 1. The average Bonchev–Trinajstić information content (AvgIpc) is 3.35. The molecule has 4 aromatic rings. The Kier molecular flexibility index (Phi) is 5.86. The van der Waals surface area contributed by atoms with Gasteiger partial charge in [-0.3, -0.25) is 4.98 Å². The summed E-state index contributed by atoms with van der Waals surface area (Å²) in [7, 11) is 0. The molecule has 0 radical (unpaired) electrons. The highest BCUT2D eigenvalue weighted by molar-refractivity contribution is 7.80. The lowest BCUT2D eigenvalue weighted by Crippen LogP contribution is -2.29. The number of benzene rings is 2. The topological polar surface area (TPSA) is 70.4 Å². The molecule has 2 N–H and O–H groups in total. The number of para-hydroxylation sites is 1. The first-order valence-corrected chi connectivity index (χ1v) is 11.9. The number of aryl methyl sites for hydroxylation is 2. The van der Waals surface area contributed by atoms with E-state index in [2.05, 4.69) is 52.5 Å². The lowest BCUT2D eigenvalue weighted by molar-refractivity contribution is 0.0697. The summed E-state index contributed by atoms with van der Waals surface area (Å²) in [6.45, 7) is 6.10. The number of nitrogens with zero attached hydrogens (tertiary/aromatic N) is 3. The van der Waals surface area contributed by atoms with Crippen LogP contribution >= 0.6 is 12.2 Å². The van der Waals surface area contributed by atoms with Gasteiger partial charge in [-0.05, 0) is 81.0 Å². The van der Waals surface area contributed by atoms with Gasteiger partial charge in [0.2, 0.25) is 0 Å². The third kappa shape index (κ3) is 3.98. The number of carbonyl (C=O) groups is 1. The maximum Gasteiger partial charge on any atom is 0.337 e. The Balaban J connectivity index is 1.70. The van der Waals surface area contributed by atoms with E-state index in [0.717, 1.165) is 28.3 Å². The zero-order valence-electron chi connectivity index (χ0n) is 19.8. The zero-order chi connectivity index (χ0) is 24.7. The second-order valence-electron chi connectivity index (χ2n) is 8.82. The summed E-state index contributed by atoms with van der Waals surface area (Å²) < 4.78 is 2.02. The highest BCUT2D eigenvalue weighted by Crippen LogP contribution is 2.43. The van der Waals surface area contributed by atoms with Crippen molar-refractivity contribution < 1.29 is 9.90 Å². The maximum atomic E-state index is 12.0. The first-order valence-electron chi connectivity index (χ1n) is 11.5. The highest BCUT2D eigenvalue weighted by Gasteiger charge is 2.42. The quantitative estimate of drug-likeness (QED) is 0.357. The molecule has 0 spiro atoms. The van der Waals surface area contributed by atoms with E-state index in [1.54, 1.807) is 18.3 Å². The predicted molar refractivity (Wildman–Crippen MR) is 141 cm³/mol. The van der Waals surface area contributed by atoms with Crippen LogP contribution < -0.4 is 10.2 Å². The van der Waals surface area contributed by atoms with Crippen molar-refractivity contribution in [3.8, 4) is 5.69 Å². The molecule has 2 atom stereocenters. The molecule has 6 nitrogen and oxygen atoms in total. The molecule has 0 saturated carbocycles. The Morgan fingerprint density at radius 2 is 1.71 bits per heavy atom. The smallest absolute Gasteiger partial charge is 0.337 e. The van der Waals surface area contributed by atoms with Crippen LogP contribution in [0.25, 0.3) is 5.69 Å². The van der Waals surface area contributed by atoms with Crippen molar-refractivity contribution in [1.29, 1.82) is 0 Å². The van der Waals surface area contributed by atoms with Gasteiger partial charge in [0.15, 0.2) is 5.11 Å². The average molecular weight is 483 g/mol. The van der Waals surface area contributed by atoms with Crippen LogP contribution in [0.1, 0.15) is 50.7 Å². The molecule has 35 heavy (non-hydrogen) atoms. The molecule has 176 valence electrons. The third-order valence-electron chi connectivity index (χ3n) is 6.57. The van der Waals surface area contributed by atoms with Crippen LogP contribution in [0.3, 0.4) is 0 Å². The lowest BCUT2D eigenvalue weighted by atomic mass is 9.96. The summed E-state index contributed by atoms with van der Waals surface area (Å²) in [4.78, 5) is 18.7. The summed E-state index contributed by atoms with van der Waals surface area (Å²) in [5, 5.41) is 13.9. The van der Waals surface area contributed by atoms with Crippen molar-refractivity contribution in [3.05, 3.63) is 113 Å². The highest BCUT2D eigenvalue weighted by atomic mass is 32.1. The van der Waals surface area contributed by atoms with E-state index in [0.29, 0.717) is 10.8 Å². The summed E-state index contributed by atoms with van der Waals surface area (Å²) in [6, 6.07) is 23.1. The maximum absolute atomic E-state index is 12.0. The zero-order valence-corrected chi connectivity index (χ0v) is 20.6. The molecule has 0 amide bonds. The minimum Gasteiger partial charge on any atom is -0.478 e. The Labute approximate surface area is 209 Å². The van der Waals surface area contributed by atoms with Crippen LogP contribution in [0.5, 0.6) is 0 Å². The molecule has 3 heterocycles. The van der Waals surface area contributed by atoms with E-state index in [1.807, 2.05) is 48.7 Å². The van der Waals surface area contributed by atoms with Gasteiger partial charge in [0.05, 0.1) is 29.0 Å². The van der Waals surface area contributed by atoms with E-state index in [9.17, 15) is 9.90 Å². The summed E-state index contributed by atoms with van der Waals surface area (Å²) >= 11 is 5.84. The van der Waals surface area contributed by atoms with Gasteiger partial charge in [0.1, 0.15) is 0 Å². The van der Waals surface area contributed by atoms with Crippen molar-refractivity contribution in [2.45, 2.75) is 32.9 Å². The van der Waals surface area contributed by atoms with E-state index >= 15 is 0 Å². The summed E-state index contributed by atoms with van der Waals surface area (Å²) in [5.74, 6) is -0.953.